The van der Waals surface area contributed by atoms with Crippen LogP contribution in [0.4, 0.5) is 0 Å². The molecule has 3 aromatic carbocycles. The number of hydrogen-bond acceptors (Lipinski definition) is 7. The van der Waals surface area contributed by atoms with Crippen molar-refractivity contribution in [3.05, 3.63) is 147 Å². The monoisotopic (exact) mass is 623 g/mol. The van der Waals surface area contributed by atoms with Gasteiger partial charge in [0.2, 0.25) is 0 Å². The summed E-state index contributed by atoms with van der Waals surface area (Å²) in [6.45, 7) is 1.61. The van der Waals surface area contributed by atoms with Crippen molar-refractivity contribution >= 4 is 40.7 Å². The van der Waals surface area contributed by atoms with Crippen LogP contribution in [0.3, 0.4) is 0 Å². The Bertz CT molecular complexity index is 1810. The van der Waals surface area contributed by atoms with Gasteiger partial charge in [0.05, 0.1) is 21.3 Å². The summed E-state index contributed by atoms with van der Waals surface area (Å²) in [7, 11) is 0. The van der Waals surface area contributed by atoms with E-state index in [4.69, 9.17) is 32.9 Å². The molecule has 0 aliphatic carbocycles. The molecule has 0 aliphatic rings. The smallest absolute Gasteiger partial charge is 0.341 e. The molecule has 0 aliphatic heterocycles. The van der Waals surface area contributed by atoms with Crippen molar-refractivity contribution < 1.29 is 19.1 Å². The highest BCUT2D eigenvalue weighted by Crippen LogP contribution is 2.25. The average Bonchev–Trinajstić information content (AvgIpc) is 3.02. The van der Waals surface area contributed by atoms with Crippen LogP contribution in [0, 0.1) is 6.92 Å². The Morgan fingerprint density at radius 3 is 2.30 bits per heavy atom. The Labute approximate surface area is 264 Å². The molecule has 0 radical (unpaired) electrons. The lowest BCUT2D eigenvalue weighted by Crippen LogP contribution is -2.16. The molecular weight excluding hydrogens is 597 g/mol. The number of halogens is 2. The number of carbonyl (C=O) groups excluding carboxylic acids is 3. The van der Waals surface area contributed by atoms with E-state index in [9.17, 15) is 14.4 Å². The SMILES string of the molecule is Cc1ccc(CC(=O)c2ccc(CC(=O)COC(=O)c3c(Cl)cccc3Cl)cc2)cc1Cc1nccc(-c2cccnc2)n1. The Hall–Kier alpha value is -4.72. The van der Waals surface area contributed by atoms with Crippen LogP contribution >= 0.6 is 23.2 Å². The molecule has 0 unspecified atom stereocenters. The predicted molar refractivity (Wildman–Crippen MR) is 169 cm³/mol. The summed E-state index contributed by atoms with van der Waals surface area (Å²) in [5.41, 5.74) is 6.01. The highest BCUT2D eigenvalue weighted by Gasteiger charge is 2.18. The molecule has 2 aromatic heterocycles. The van der Waals surface area contributed by atoms with Crippen LogP contribution in [0.1, 0.15) is 48.8 Å². The van der Waals surface area contributed by atoms with Crippen LogP contribution in [0.5, 0.6) is 0 Å². The van der Waals surface area contributed by atoms with Crippen molar-refractivity contribution in [2.45, 2.75) is 26.2 Å². The zero-order valence-corrected chi connectivity index (χ0v) is 25.3. The third kappa shape index (κ3) is 7.81. The first-order valence-electron chi connectivity index (χ1n) is 13.8. The van der Waals surface area contributed by atoms with E-state index >= 15 is 0 Å². The van der Waals surface area contributed by atoms with Gasteiger partial charge < -0.3 is 4.74 Å². The molecule has 0 saturated heterocycles. The molecule has 220 valence electrons. The second kappa shape index (κ2) is 14.2. The third-order valence-electron chi connectivity index (χ3n) is 7.00. The first kappa shape index (κ1) is 30.7. The van der Waals surface area contributed by atoms with Crippen LogP contribution in [-0.2, 0) is 28.8 Å². The molecule has 5 aromatic rings. The van der Waals surface area contributed by atoms with Crippen LogP contribution in [0.15, 0.2) is 97.5 Å². The number of pyridine rings is 1. The van der Waals surface area contributed by atoms with E-state index in [-0.39, 0.29) is 40.0 Å². The first-order valence-corrected chi connectivity index (χ1v) is 14.6. The van der Waals surface area contributed by atoms with Crippen molar-refractivity contribution in [1.29, 1.82) is 0 Å². The number of hydrogen-bond donors (Lipinski definition) is 0. The van der Waals surface area contributed by atoms with E-state index in [1.54, 1.807) is 48.9 Å². The lowest BCUT2D eigenvalue weighted by atomic mass is 9.96. The summed E-state index contributed by atoms with van der Waals surface area (Å²) >= 11 is 12.1. The van der Waals surface area contributed by atoms with Gasteiger partial charge in [-0.15, -0.1) is 0 Å². The quantitative estimate of drug-likeness (QED) is 0.114. The van der Waals surface area contributed by atoms with E-state index in [0.717, 1.165) is 27.9 Å². The fourth-order valence-electron chi connectivity index (χ4n) is 4.64. The Balaban J connectivity index is 1.17. The number of ether oxygens (including phenoxy) is 1. The highest BCUT2D eigenvalue weighted by molar-refractivity contribution is 6.39. The van der Waals surface area contributed by atoms with Gasteiger partial charge in [-0.25, -0.2) is 14.8 Å². The second-order valence-corrected chi connectivity index (χ2v) is 11.0. The molecule has 0 atom stereocenters. The molecular formula is C35H27Cl2N3O4. The summed E-state index contributed by atoms with van der Waals surface area (Å²) in [5, 5.41) is 0.301. The zero-order chi connectivity index (χ0) is 31.1. The van der Waals surface area contributed by atoms with Gasteiger partial charge in [-0.1, -0.05) is 71.7 Å². The minimum Gasteiger partial charge on any atom is -0.454 e. The number of aromatic nitrogens is 3. The minimum absolute atomic E-state index is 0.0237. The maximum Gasteiger partial charge on any atom is 0.341 e. The summed E-state index contributed by atoms with van der Waals surface area (Å²) in [4.78, 5) is 51.2. The number of ketones is 2. The highest BCUT2D eigenvalue weighted by atomic mass is 35.5. The van der Waals surface area contributed by atoms with Gasteiger partial charge in [-0.3, -0.25) is 14.6 Å². The third-order valence-corrected chi connectivity index (χ3v) is 7.63. The molecule has 0 spiro atoms. The molecule has 5 rings (SSSR count). The van der Waals surface area contributed by atoms with Crippen LogP contribution in [-0.4, -0.2) is 39.1 Å². The summed E-state index contributed by atoms with van der Waals surface area (Å²) < 4.78 is 5.11. The lowest BCUT2D eigenvalue weighted by Gasteiger charge is -2.10. The summed E-state index contributed by atoms with van der Waals surface area (Å²) in [5.74, 6) is -0.425. The average molecular weight is 625 g/mol. The number of aryl methyl sites for hydroxylation is 1. The Morgan fingerprint density at radius 1 is 0.818 bits per heavy atom. The topological polar surface area (TPSA) is 99.1 Å². The molecule has 0 saturated carbocycles. The standard InChI is InChI=1S/C35H27Cl2N3O4/c1-22-7-8-24(16-27(22)19-33-39-15-13-31(40-33)26-4-3-14-38-20-26)18-32(42)25-11-9-23(10-12-25)17-28(41)21-44-35(43)34-29(36)5-2-6-30(34)37/h2-16,20H,17-19,21H2,1H3. The number of rotatable bonds is 11. The van der Waals surface area contributed by atoms with E-state index in [0.29, 0.717) is 23.4 Å². The molecule has 0 amide bonds. The van der Waals surface area contributed by atoms with Crippen LogP contribution < -0.4 is 0 Å². The van der Waals surface area contributed by atoms with Gasteiger partial charge in [0.1, 0.15) is 5.82 Å². The van der Waals surface area contributed by atoms with E-state index in [1.807, 2.05) is 43.3 Å². The predicted octanol–water partition coefficient (Wildman–Crippen LogP) is 7.14. The van der Waals surface area contributed by atoms with Gasteiger partial charge >= 0.3 is 5.97 Å². The van der Waals surface area contributed by atoms with E-state index in [1.165, 1.54) is 12.1 Å². The molecule has 0 bridgehead atoms. The van der Waals surface area contributed by atoms with Crippen molar-refractivity contribution in [2.75, 3.05) is 6.61 Å². The maximum absolute atomic E-state index is 13.1. The van der Waals surface area contributed by atoms with Crippen molar-refractivity contribution in [3.8, 4) is 11.3 Å². The Morgan fingerprint density at radius 2 is 1.57 bits per heavy atom. The number of benzene rings is 3. The largest absolute Gasteiger partial charge is 0.454 e. The van der Waals surface area contributed by atoms with Gasteiger partial charge in [0.15, 0.2) is 18.2 Å². The summed E-state index contributed by atoms with van der Waals surface area (Å²) in [6, 6.07) is 23.2. The van der Waals surface area contributed by atoms with E-state index < -0.39 is 12.6 Å². The number of esters is 1. The van der Waals surface area contributed by atoms with Gasteiger partial charge in [0.25, 0.3) is 0 Å². The minimum atomic E-state index is -0.764. The van der Waals surface area contributed by atoms with Gasteiger partial charge in [-0.05, 0) is 59.5 Å². The number of nitrogens with zero attached hydrogens (tertiary/aromatic N) is 3. The van der Waals surface area contributed by atoms with Gasteiger partial charge in [0, 0.05) is 49.0 Å². The molecule has 9 heteroatoms. The first-order chi connectivity index (χ1) is 21.3. The fraction of sp³-hybridized carbons (Fsp3) is 0.143. The molecule has 0 N–H and O–H groups in total. The number of Topliss-reactive ketones (excluding diaryl/α,β-unsaturated/α-hetero) is 2. The maximum atomic E-state index is 13.1. The van der Waals surface area contributed by atoms with Crippen LogP contribution in [0.25, 0.3) is 11.3 Å². The molecule has 0 fully saturated rings. The lowest BCUT2D eigenvalue weighted by molar-refractivity contribution is -0.121. The van der Waals surface area contributed by atoms with Crippen molar-refractivity contribution in [2.24, 2.45) is 0 Å². The second-order valence-electron chi connectivity index (χ2n) is 10.2. The van der Waals surface area contributed by atoms with Crippen molar-refractivity contribution in [3.63, 3.8) is 0 Å². The van der Waals surface area contributed by atoms with Gasteiger partial charge in [-0.2, -0.15) is 0 Å². The summed E-state index contributed by atoms with van der Waals surface area (Å²) in [6.07, 6.45) is 6.04. The van der Waals surface area contributed by atoms with Crippen LogP contribution in [0.2, 0.25) is 10.0 Å². The normalized spacial score (nSPS) is 10.8. The molecule has 7 nitrogen and oxygen atoms in total. The van der Waals surface area contributed by atoms with Crippen molar-refractivity contribution in [1.82, 2.24) is 15.0 Å². The molecule has 44 heavy (non-hydrogen) atoms. The molecule has 2 heterocycles. The Kier molecular flexibility index (Phi) is 9.89. The zero-order valence-electron chi connectivity index (χ0n) is 23.8. The van der Waals surface area contributed by atoms with E-state index in [2.05, 4.69) is 9.97 Å². The fourth-order valence-corrected chi connectivity index (χ4v) is 5.19. The number of carbonyl (C=O) groups is 3.